The van der Waals surface area contributed by atoms with Crippen LogP contribution in [0.4, 0.5) is 4.39 Å². The van der Waals surface area contributed by atoms with Crippen molar-refractivity contribution < 1.29 is 4.39 Å². The van der Waals surface area contributed by atoms with Gasteiger partial charge in [-0.15, -0.1) is 0 Å². The summed E-state index contributed by atoms with van der Waals surface area (Å²) in [7, 11) is 0. The third-order valence-electron chi connectivity index (χ3n) is 4.43. The number of nitriles is 1. The van der Waals surface area contributed by atoms with E-state index in [-0.39, 0.29) is 11.9 Å². The lowest BCUT2D eigenvalue weighted by atomic mass is 9.92. The van der Waals surface area contributed by atoms with Gasteiger partial charge in [-0.2, -0.15) is 5.26 Å². The van der Waals surface area contributed by atoms with E-state index in [0.29, 0.717) is 5.56 Å². The lowest BCUT2D eigenvalue weighted by Gasteiger charge is -2.26. The summed E-state index contributed by atoms with van der Waals surface area (Å²) in [4.78, 5) is 2.06. The Kier molecular flexibility index (Phi) is 4.35. The van der Waals surface area contributed by atoms with Gasteiger partial charge in [0.25, 0.3) is 0 Å². The third-order valence-corrected chi connectivity index (χ3v) is 4.43. The van der Waals surface area contributed by atoms with E-state index in [1.54, 1.807) is 24.5 Å². The Morgan fingerprint density at radius 3 is 2.62 bits per heavy atom. The molecule has 1 unspecified atom stereocenters. The number of benzene rings is 2. The molecule has 0 radical (unpaired) electrons. The van der Waals surface area contributed by atoms with Crippen LogP contribution in [-0.2, 0) is 0 Å². The number of rotatable bonds is 3. The molecule has 4 heteroatoms. The van der Waals surface area contributed by atoms with E-state index in [1.165, 1.54) is 12.1 Å². The van der Waals surface area contributed by atoms with Crippen LogP contribution in [0.25, 0.3) is 11.1 Å². The number of hydrogen-bond donors (Lipinski definition) is 1. The number of hydrogen-bond acceptors (Lipinski definition) is 3. The molecule has 2 N–H and O–H groups in total. The molecule has 3 rings (SSSR count). The molecule has 2 aromatic carbocycles. The smallest absolute Gasteiger partial charge is 0.123 e. The molecule has 0 aromatic heterocycles. The molecule has 0 saturated carbocycles. The van der Waals surface area contributed by atoms with E-state index >= 15 is 0 Å². The maximum atomic E-state index is 13.3. The highest BCUT2D eigenvalue weighted by molar-refractivity contribution is 5.70. The first-order chi connectivity index (χ1) is 11.7. The number of likely N-dealkylation sites (tertiary alicyclic amines) is 1. The summed E-state index contributed by atoms with van der Waals surface area (Å²) in [5.74, 6) is -0.279. The molecule has 1 heterocycles. The second-order valence-electron chi connectivity index (χ2n) is 5.72. The first kappa shape index (κ1) is 15.8. The molecule has 1 aliphatic heterocycles. The zero-order chi connectivity index (χ0) is 17.1. The summed E-state index contributed by atoms with van der Waals surface area (Å²) < 4.78 is 13.3. The lowest BCUT2D eigenvalue weighted by molar-refractivity contribution is 0.403. The highest BCUT2D eigenvalue weighted by Gasteiger charge is 2.29. The molecule has 1 fully saturated rings. The molecule has 1 aliphatic rings. The molecule has 1 saturated heterocycles. The Bertz CT molecular complexity index is 831. The van der Waals surface area contributed by atoms with E-state index in [0.717, 1.165) is 35.2 Å². The molecule has 0 aliphatic carbocycles. The summed E-state index contributed by atoms with van der Waals surface area (Å²) in [6.07, 6.45) is 5.18. The van der Waals surface area contributed by atoms with E-state index in [9.17, 15) is 9.65 Å². The fourth-order valence-corrected chi connectivity index (χ4v) is 3.27. The van der Waals surface area contributed by atoms with Crippen molar-refractivity contribution in [1.82, 2.24) is 4.90 Å². The van der Waals surface area contributed by atoms with Gasteiger partial charge in [0.05, 0.1) is 17.7 Å². The summed E-state index contributed by atoms with van der Waals surface area (Å²) in [5.41, 5.74) is 10.2. The molecule has 120 valence electrons. The Labute approximate surface area is 141 Å². The van der Waals surface area contributed by atoms with Crippen molar-refractivity contribution in [3.8, 4) is 17.2 Å². The van der Waals surface area contributed by atoms with Gasteiger partial charge in [0.2, 0.25) is 0 Å². The minimum absolute atomic E-state index is 0.102. The van der Waals surface area contributed by atoms with Gasteiger partial charge in [-0.1, -0.05) is 24.8 Å². The van der Waals surface area contributed by atoms with Gasteiger partial charge < -0.3 is 10.6 Å². The Balaban J connectivity index is 2.13. The zero-order valence-electron chi connectivity index (χ0n) is 13.2. The third kappa shape index (κ3) is 2.77. The van der Waals surface area contributed by atoms with Crippen molar-refractivity contribution in [2.45, 2.75) is 18.9 Å². The quantitative estimate of drug-likeness (QED) is 0.909. The van der Waals surface area contributed by atoms with Gasteiger partial charge in [-0.3, -0.25) is 0 Å². The number of nitrogens with two attached hydrogens (primary N) is 1. The van der Waals surface area contributed by atoms with Crippen molar-refractivity contribution in [3.05, 3.63) is 84.1 Å². The van der Waals surface area contributed by atoms with Crippen LogP contribution in [0.3, 0.4) is 0 Å². The van der Waals surface area contributed by atoms with Gasteiger partial charge in [0.15, 0.2) is 0 Å². The number of nitrogens with zero attached hydrogens (tertiary/aromatic N) is 2. The van der Waals surface area contributed by atoms with Crippen LogP contribution in [0.1, 0.15) is 30.0 Å². The first-order valence-corrected chi connectivity index (χ1v) is 7.79. The number of allylic oxidation sites excluding steroid dienone is 1. The van der Waals surface area contributed by atoms with Crippen molar-refractivity contribution >= 4 is 0 Å². The summed E-state index contributed by atoms with van der Waals surface area (Å²) in [6, 6.07) is 14.3. The predicted molar refractivity (Wildman–Crippen MR) is 92.8 cm³/mol. The van der Waals surface area contributed by atoms with E-state index < -0.39 is 0 Å². The SMILES string of the molecule is C=CN1/C(=C\N)CCC1c1ccc(C#N)cc1-c1ccc(F)cc1. The van der Waals surface area contributed by atoms with Gasteiger partial charge in [0, 0.05) is 11.9 Å². The highest BCUT2D eigenvalue weighted by atomic mass is 19.1. The molecule has 0 bridgehead atoms. The number of halogens is 1. The predicted octanol–water partition coefficient (Wildman–Crippen LogP) is 4.44. The van der Waals surface area contributed by atoms with Gasteiger partial charge in [-0.05, 0) is 60.0 Å². The molecule has 1 atom stereocenters. The molecule has 0 amide bonds. The first-order valence-electron chi connectivity index (χ1n) is 7.79. The van der Waals surface area contributed by atoms with E-state index in [4.69, 9.17) is 5.73 Å². The van der Waals surface area contributed by atoms with Crippen LogP contribution >= 0.6 is 0 Å². The second kappa shape index (κ2) is 6.59. The van der Waals surface area contributed by atoms with E-state index in [1.807, 2.05) is 18.2 Å². The van der Waals surface area contributed by atoms with Crippen LogP contribution in [0, 0.1) is 17.1 Å². The summed E-state index contributed by atoms with van der Waals surface area (Å²) in [6.45, 7) is 3.89. The molecule has 2 aromatic rings. The fourth-order valence-electron chi connectivity index (χ4n) is 3.27. The summed E-state index contributed by atoms with van der Waals surface area (Å²) >= 11 is 0. The fraction of sp³-hybridized carbons (Fsp3) is 0.150. The average molecular weight is 319 g/mol. The topological polar surface area (TPSA) is 53.0 Å². The summed E-state index contributed by atoms with van der Waals surface area (Å²) in [5, 5.41) is 9.23. The molecular formula is C20H18FN3. The van der Waals surface area contributed by atoms with Gasteiger partial charge in [-0.25, -0.2) is 4.39 Å². The maximum Gasteiger partial charge on any atom is 0.123 e. The lowest BCUT2D eigenvalue weighted by Crippen LogP contribution is -2.16. The molecule has 24 heavy (non-hydrogen) atoms. The van der Waals surface area contributed by atoms with Crippen molar-refractivity contribution in [2.24, 2.45) is 5.73 Å². The highest BCUT2D eigenvalue weighted by Crippen LogP contribution is 2.42. The standard InChI is InChI=1S/C20H18FN3/c1-2-24-17(13-23)8-10-20(24)18-9-3-14(12-22)11-19(18)15-4-6-16(21)7-5-15/h2-7,9,11,13,20H,1,8,10,23H2/b17-13-. The second-order valence-corrected chi connectivity index (χ2v) is 5.72. The van der Waals surface area contributed by atoms with Crippen molar-refractivity contribution in [3.63, 3.8) is 0 Å². The van der Waals surface area contributed by atoms with Gasteiger partial charge in [0.1, 0.15) is 5.82 Å². The minimum atomic E-state index is -0.279. The van der Waals surface area contributed by atoms with Gasteiger partial charge >= 0.3 is 0 Å². The molecule has 3 nitrogen and oxygen atoms in total. The molecule has 0 spiro atoms. The minimum Gasteiger partial charge on any atom is -0.403 e. The van der Waals surface area contributed by atoms with Crippen LogP contribution in [-0.4, -0.2) is 4.90 Å². The Morgan fingerprint density at radius 2 is 2.00 bits per heavy atom. The average Bonchev–Trinajstić information content (AvgIpc) is 3.04. The van der Waals surface area contributed by atoms with Crippen LogP contribution in [0.2, 0.25) is 0 Å². The molecular weight excluding hydrogens is 301 g/mol. The van der Waals surface area contributed by atoms with Crippen LogP contribution in [0.15, 0.2) is 67.1 Å². The largest absolute Gasteiger partial charge is 0.403 e. The maximum absolute atomic E-state index is 13.3. The Hall–Kier alpha value is -3.06. The monoisotopic (exact) mass is 319 g/mol. The van der Waals surface area contributed by atoms with Crippen LogP contribution < -0.4 is 5.73 Å². The normalized spacial score (nSPS) is 18.6. The zero-order valence-corrected chi connectivity index (χ0v) is 13.2. The van der Waals surface area contributed by atoms with Crippen molar-refractivity contribution in [2.75, 3.05) is 0 Å². The Morgan fingerprint density at radius 1 is 1.25 bits per heavy atom. The van der Waals surface area contributed by atoms with Crippen molar-refractivity contribution in [1.29, 1.82) is 5.26 Å². The van der Waals surface area contributed by atoms with Crippen LogP contribution in [0.5, 0.6) is 0 Å². The van der Waals surface area contributed by atoms with E-state index in [2.05, 4.69) is 17.5 Å².